The summed E-state index contributed by atoms with van der Waals surface area (Å²) in [5, 5.41) is 11.5. The molecule has 0 spiro atoms. The van der Waals surface area contributed by atoms with Crippen molar-refractivity contribution >= 4 is 17.7 Å². The Labute approximate surface area is 99.3 Å². The summed E-state index contributed by atoms with van der Waals surface area (Å²) in [6, 6.07) is -0.998. The van der Waals surface area contributed by atoms with Gasteiger partial charge in [-0.15, -0.1) is 0 Å². The molecular weight excluding hydrogens is 226 g/mol. The van der Waals surface area contributed by atoms with Crippen molar-refractivity contribution in [2.24, 2.45) is 5.92 Å². The molecule has 1 aliphatic rings. The zero-order valence-corrected chi connectivity index (χ0v) is 9.77. The molecular formula is C11H17NO5. The molecule has 0 aromatic carbocycles. The second-order valence-electron chi connectivity index (χ2n) is 4.21. The van der Waals surface area contributed by atoms with Crippen molar-refractivity contribution in [2.45, 2.75) is 31.7 Å². The Kier molecular flexibility index (Phi) is 5.09. The van der Waals surface area contributed by atoms with Crippen LogP contribution in [-0.4, -0.2) is 42.5 Å². The number of carboxylic acid groups (broad SMARTS) is 1. The lowest BCUT2D eigenvalue weighted by molar-refractivity contribution is -0.144. The molecule has 6 heteroatoms. The fourth-order valence-corrected chi connectivity index (χ4v) is 2.07. The minimum Gasteiger partial charge on any atom is -0.480 e. The number of methoxy groups -OCH3 is 1. The normalized spacial score (nSPS) is 21.9. The Morgan fingerprint density at radius 2 is 2.29 bits per heavy atom. The molecule has 2 atom stereocenters. The number of carboxylic acids is 1. The lowest BCUT2D eigenvalue weighted by Crippen LogP contribution is -2.48. The molecule has 1 fully saturated rings. The lowest BCUT2D eigenvalue weighted by Gasteiger charge is -2.27. The van der Waals surface area contributed by atoms with Crippen molar-refractivity contribution in [2.75, 3.05) is 13.7 Å². The average molecular weight is 243 g/mol. The Morgan fingerprint density at radius 3 is 2.82 bits per heavy atom. The van der Waals surface area contributed by atoms with Crippen molar-refractivity contribution in [3.8, 4) is 0 Å². The molecule has 0 unspecified atom stereocenters. The largest absolute Gasteiger partial charge is 0.480 e. The van der Waals surface area contributed by atoms with Crippen LogP contribution in [0.3, 0.4) is 0 Å². The molecule has 0 saturated heterocycles. The van der Waals surface area contributed by atoms with E-state index < -0.39 is 17.9 Å². The molecule has 0 aromatic rings. The van der Waals surface area contributed by atoms with E-state index in [1.54, 1.807) is 0 Å². The van der Waals surface area contributed by atoms with E-state index in [-0.39, 0.29) is 24.7 Å². The van der Waals surface area contributed by atoms with Gasteiger partial charge in [-0.1, -0.05) is 0 Å². The van der Waals surface area contributed by atoms with Gasteiger partial charge in [0.25, 0.3) is 0 Å². The molecule has 0 aromatic heterocycles. The second-order valence-corrected chi connectivity index (χ2v) is 4.21. The first-order chi connectivity index (χ1) is 8.04. The third kappa shape index (κ3) is 4.14. The van der Waals surface area contributed by atoms with Crippen LogP contribution >= 0.6 is 0 Å². The highest BCUT2D eigenvalue weighted by Gasteiger charge is 2.33. The Hall–Kier alpha value is -1.43. The summed E-state index contributed by atoms with van der Waals surface area (Å²) in [6.45, 7) is -0.176. The topological polar surface area (TPSA) is 92.7 Å². The summed E-state index contributed by atoms with van der Waals surface area (Å²) in [7, 11) is 1.36. The summed E-state index contributed by atoms with van der Waals surface area (Å²) in [4.78, 5) is 33.7. The Bertz CT molecular complexity index is 315. The van der Waals surface area contributed by atoms with Gasteiger partial charge in [0, 0.05) is 20.0 Å². The van der Waals surface area contributed by atoms with Gasteiger partial charge in [0.1, 0.15) is 18.4 Å². The fraction of sp³-hybridized carbons (Fsp3) is 0.727. The number of carbonyl (C=O) groups is 3. The maximum absolute atomic E-state index is 11.3. The molecule has 1 rings (SSSR count). The summed E-state index contributed by atoms with van der Waals surface area (Å²) < 4.78 is 4.62. The van der Waals surface area contributed by atoms with Gasteiger partial charge in [-0.05, 0) is 18.8 Å². The number of nitrogens with one attached hydrogen (secondary N) is 1. The van der Waals surface area contributed by atoms with E-state index in [0.717, 1.165) is 0 Å². The first kappa shape index (κ1) is 13.6. The molecule has 0 radical (unpaired) electrons. The van der Waals surface area contributed by atoms with Crippen LogP contribution in [-0.2, 0) is 19.1 Å². The molecule has 1 aliphatic carbocycles. The van der Waals surface area contributed by atoms with Crippen LogP contribution in [0.1, 0.15) is 25.7 Å². The highest BCUT2D eigenvalue weighted by Crippen LogP contribution is 2.24. The zero-order chi connectivity index (χ0) is 12.8. The zero-order valence-electron chi connectivity index (χ0n) is 9.77. The second kappa shape index (κ2) is 6.34. The molecule has 0 heterocycles. The van der Waals surface area contributed by atoms with Gasteiger partial charge in [-0.25, -0.2) is 4.79 Å². The van der Waals surface area contributed by atoms with Gasteiger partial charge in [0.05, 0.1) is 0 Å². The SMILES string of the molecule is COCC(=O)N[C@@H](C(=O)O)[C@@H]1CCCC(=O)C1. The van der Waals surface area contributed by atoms with Gasteiger partial charge in [0.2, 0.25) is 5.91 Å². The predicted octanol–water partition coefficient (Wildman–Crippen LogP) is -0.0385. The van der Waals surface area contributed by atoms with Crippen molar-refractivity contribution in [1.82, 2.24) is 5.32 Å². The van der Waals surface area contributed by atoms with Gasteiger partial charge >= 0.3 is 5.97 Å². The van der Waals surface area contributed by atoms with E-state index in [2.05, 4.69) is 10.1 Å². The quantitative estimate of drug-likeness (QED) is 0.707. The number of hydrogen-bond acceptors (Lipinski definition) is 4. The standard InChI is InChI=1S/C11H17NO5/c1-17-6-9(14)12-10(11(15)16)7-3-2-4-8(13)5-7/h7,10H,2-6H2,1H3,(H,12,14)(H,15,16)/t7-,10-/m1/s1. The number of Topliss-reactive ketones (excluding diaryl/α,β-unsaturated/α-hetero) is 1. The van der Waals surface area contributed by atoms with E-state index in [1.807, 2.05) is 0 Å². The maximum atomic E-state index is 11.3. The maximum Gasteiger partial charge on any atom is 0.326 e. The molecule has 96 valence electrons. The van der Waals surface area contributed by atoms with Crippen molar-refractivity contribution < 1.29 is 24.2 Å². The summed E-state index contributed by atoms with van der Waals surface area (Å²) in [5.41, 5.74) is 0. The fourth-order valence-electron chi connectivity index (χ4n) is 2.07. The number of hydrogen-bond donors (Lipinski definition) is 2. The van der Waals surface area contributed by atoms with Gasteiger partial charge in [-0.3, -0.25) is 9.59 Å². The number of ether oxygens (including phenoxy) is 1. The Balaban J connectivity index is 2.61. The van der Waals surface area contributed by atoms with Crippen LogP contribution in [0.25, 0.3) is 0 Å². The van der Waals surface area contributed by atoms with Crippen LogP contribution in [0.4, 0.5) is 0 Å². The van der Waals surface area contributed by atoms with Gasteiger partial charge in [0.15, 0.2) is 0 Å². The molecule has 1 saturated carbocycles. The highest BCUT2D eigenvalue weighted by molar-refractivity contribution is 5.86. The lowest BCUT2D eigenvalue weighted by atomic mass is 9.83. The summed E-state index contributed by atoms with van der Waals surface area (Å²) in [5.74, 6) is -1.82. The van der Waals surface area contributed by atoms with Gasteiger partial charge in [-0.2, -0.15) is 0 Å². The molecule has 0 bridgehead atoms. The predicted molar refractivity (Wildman–Crippen MR) is 58.4 cm³/mol. The third-order valence-electron chi connectivity index (χ3n) is 2.85. The number of rotatable bonds is 5. The minimum atomic E-state index is -1.10. The van der Waals surface area contributed by atoms with Crippen LogP contribution in [0.5, 0.6) is 0 Å². The van der Waals surface area contributed by atoms with E-state index >= 15 is 0 Å². The molecule has 1 amide bonds. The van der Waals surface area contributed by atoms with E-state index in [1.165, 1.54) is 7.11 Å². The smallest absolute Gasteiger partial charge is 0.326 e. The van der Waals surface area contributed by atoms with E-state index in [4.69, 9.17) is 5.11 Å². The van der Waals surface area contributed by atoms with E-state index in [0.29, 0.717) is 19.3 Å². The Morgan fingerprint density at radius 1 is 1.59 bits per heavy atom. The number of ketones is 1. The third-order valence-corrected chi connectivity index (χ3v) is 2.85. The summed E-state index contributed by atoms with van der Waals surface area (Å²) in [6.07, 6.45) is 2.07. The van der Waals surface area contributed by atoms with Crippen LogP contribution in [0, 0.1) is 5.92 Å². The van der Waals surface area contributed by atoms with Gasteiger partial charge < -0.3 is 15.2 Å². The first-order valence-corrected chi connectivity index (χ1v) is 5.57. The first-order valence-electron chi connectivity index (χ1n) is 5.57. The van der Waals surface area contributed by atoms with Crippen molar-refractivity contribution in [1.29, 1.82) is 0 Å². The molecule has 6 nitrogen and oxygen atoms in total. The van der Waals surface area contributed by atoms with Crippen molar-refractivity contribution in [3.05, 3.63) is 0 Å². The highest BCUT2D eigenvalue weighted by atomic mass is 16.5. The monoisotopic (exact) mass is 243 g/mol. The minimum absolute atomic E-state index is 0.0634. The van der Waals surface area contributed by atoms with E-state index in [9.17, 15) is 14.4 Å². The van der Waals surface area contributed by atoms with Crippen LogP contribution in [0.15, 0.2) is 0 Å². The van der Waals surface area contributed by atoms with Crippen molar-refractivity contribution in [3.63, 3.8) is 0 Å². The van der Waals surface area contributed by atoms with Crippen LogP contribution in [0.2, 0.25) is 0 Å². The van der Waals surface area contributed by atoms with Crippen LogP contribution < -0.4 is 5.32 Å². The average Bonchev–Trinajstić information content (AvgIpc) is 2.26. The molecule has 0 aliphatic heterocycles. The number of carbonyl (C=O) groups excluding carboxylic acids is 2. The molecule has 2 N–H and O–H groups in total. The number of aliphatic carboxylic acids is 1. The number of amides is 1. The summed E-state index contributed by atoms with van der Waals surface area (Å²) >= 11 is 0. The molecule has 17 heavy (non-hydrogen) atoms.